The van der Waals surface area contributed by atoms with Crippen molar-refractivity contribution in [3.63, 3.8) is 0 Å². The maximum Gasteiger partial charge on any atom is 0.341 e. The summed E-state index contributed by atoms with van der Waals surface area (Å²) in [7, 11) is 1.93. The average molecular weight is 373 g/mol. The molecule has 0 radical (unpaired) electrons. The Labute approximate surface area is 156 Å². The third kappa shape index (κ3) is 3.10. The Morgan fingerprint density at radius 3 is 2.70 bits per heavy atom. The van der Waals surface area contributed by atoms with Crippen molar-refractivity contribution in [2.24, 2.45) is 5.92 Å². The van der Waals surface area contributed by atoms with Crippen LogP contribution in [0.2, 0.25) is 0 Å². The number of carboxylic acid groups (broad SMARTS) is 1. The van der Waals surface area contributed by atoms with Crippen molar-refractivity contribution in [1.82, 2.24) is 9.88 Å². The molecule has 7 heteroatoms. The Hall–Kier alpha value is -2.41. The van der Waals surface area contributed by atoms with E-state index in [-0.39, 0.29) is 17.0 Å². The minimum atomic E-state index is -1.27. The van der Waals surface area contributed by atoms with E-state index >= 15 is 0 Å². The highest BCUT2D eigenvalue weighted by Gasteiger charge is 2.30. The van der Waals surface area contributed by atoms with Gasteiger partial charge in [-0.15, -0.1) is 0 Å². The van der Waals surface area contributed by atoms with E-state index in [9.17, 15) is 19.1 Å². The van der Waals surface area contributed by atoms with E-state index < -0.39 is 17.2 Å². The van der Waals surface area contributed by atoms with Crippen LogP contribution in [0.4, 0.5) is 10.1 Å². The molecule has 1 aliphatic heterocycles. The summed E-state index contributed by atoms with van der Waals surface area (Å²) < 4.78 is 16.7. The number of aromatic carboxylic acids is 1. The number of carbonyl (C=O) groups is 1. The van der Waals surface area contributed by atoms with Gasteiger partial charge in [0.05, 0.1) is 11.2 Å². The fourth-order valence-corrected chi connectivity index (χ4v) is 4.06. The maximum atomic E-state index is 14.9. The Balaban J connectivity index is 1.82. The van der Waals surface area contributed by atoms with Gasteiger partial charge < -0.3 is 19.9 Å². The molecule has 0 spiro atoms. The van der Waals surface area contributed by atoms with E-state index in [4.69, 9.17) is 0 Å². The molecule has 2 atom stereocenters. The first-order valence-corrected chi connectivity index (χ1v) is 9.44. The fraction of sp³-hybridized carbons (Fsp3) is 0.500. The molecule has 1 saturated carbocycles. The van der Waals surface area contributed by atoms with Gasteiger partial charge in [-0.1, -0.05) is 0 Å². The second-order valence-electron chi connectivity index (χ2n) is 7.71. The Kier molecular flexibility index (Phi) is 4.42. The number of halogens is 1. The summed E-state index contributed by atoms with van der Waals surface area (Å²) in [6.07, 6.45) is 4.28. The Bertz CT molecular complexity index is 967. The molecule has 144 valence electrons. The van der Waals surface area contributed by atoms with Crippen molar-refractivity contribution in [3.8, 4) is 0 Å². The van der Waals surface area contributed by atoms with Crippen molar-refractivity contribution >= 4 is 22.6 Å². The van der Waals surface area contributed by atoms with Gasteiger partial charge in [-0.2, -0.15) is 0 Å². The second kappa shape index (κ2) is 6.64. The van der Waals surface area contributed by atoms with Crippen LogP contribution in [-0.4, -0.2) is 41.8 Å². The van der Waals surface area contributed by atoms with Crippen LogP contribution in [0.25, 0.3) is 10.9 Å². The monoisotopic (exact) mass is 373 g/mol. The summed E-state index contributed by atoms with van der Waals surface area (Å²) in [5, 5.41) is 12.7. The lowest BCUT2D eigenvalue weighted by Gasteiger charge is -2.23. The number of pyridine rings is 1. The van der Waals surface area contributed by atoms with Gasteiger partial charge in [0.25, 0.3) is 0 Å². The maximum absolute atomic E-state index is 14.9. The molecule has 27 heavy (non-hydrogen) atoms. The highest BCUT2D eigenvalue weighted by Crippen LogP contribution is 2.38. The number of anilines is 1. The van der Waals surface area contributed by atoms with Crippen molar-refractivity contribution in [1.29, 1.82) is 0 Å². The summed E-state index contributed by atoms with van der Waals surface area (Å²) in [4.78, 5) is 26.0. The molecular formula is C20H24FN3O3. The molecule has 2 aliphatic rings. The van der Waals surface area contributed by atoms with E-state index in [0.29, 0.717) is 23.2 Å². The van der Waals surface area contributed by atoms with Crippen LogP contribution in [0.1, 0.15) is 42.6 Å². The molecule has 1 aromatic carbocycles. The summed E-state index contributed by atoms with van der Waals surface area (Å²) in [5.74, 6) is -1.31. The number of rotatable bonds is 5. The molecule has 1 saturated heterocycles. The molecule has 2 aromatic rings. The van der Waals surface area contributed by atoms with Gasteiger partial charge in [0, 0.05) is 36.8 Å². The number of fused-ring (bicyclic) bond motifs is 1. The fourth-order valence-electron chi connectivity index (χ4n) is 4.06. The lowest BCUT2D eigenvalue weighted by atomic mass is 10.0. The van der Waals surface area contributed by atoms with Crippen LogP contribution in [0, 0.1) is 11.7 Å². The number of hydrogen-bond donors (Lipinski definition) is 2. The minimum absolute atomic E-state index is 0.141. The normalized spacial score (nSPS) is 21.0. The number of hydrogen-bond acceptors (Lipinski definition) is 4. The first kappa shape index (κ1) is 18.0. The molecule has 2 heterocycles. The summed E-state index contributed by atoms with van der Waals surface area (Å²) in [6.45, 7) is 3.65. The van der Waals surface area contributed by atoms with E-state index in [1.165, 1.54) is 12.3 Å². The zero-order valence-corrected chi connectivity index (χ0v) is 15.5. The third-order valence-corrected chi connectivity index (χ3v) is 6.00. The lowest BCUT2D eigenvalue weighted by molar-refractivity contribution is 0.0695. The number of nitrogens with zero attached hydrogens (tertiary/aromatic N) is 2. The van der Waals surface area contributed by atoms with Crippen LogP contribution >= 0.6 is 0 Å². The van der Waals surface area contributed by atoms with Crippen LogP contribution in [-0.2, 0) is 0 Å². The zero-order valence-electron chi connectivity index (χ0n) is 15.5. The quantitative estimate of drug-likeness (QED) is 0.843. The molecule has 2 N–H and O–H groups in total. The first-order valence-electron chi connectivity index (χ1n) is 9.44. The first-order chi connectivity index (χ1) is 12.9. The predicted molar refractivity (Wildman–Crippen MR) is 102 cm³/mol. The van der Waals surface area contributed by atoms with Crippen LogP contribution < -0.4 is 15.6 Å². The highest BCUT2D eigenvalue weighted by atomic mass is 19.1. The molecule has 6 nitrogen and oxygen atoms in total. The van der Waals surface area contributed by atoms with Crippen molar-refractivity contribution in [2.45, 2.75) is 38.3 Å². The molecule has 0 unspecified atom stereocenters. The van der Waals surface area contributed by atoms with Crippen LogP contribution in [0.5, 0.6) is 0 Å². The smallest absolute Gasteiger partial charge is 0.341 e. The van der Waals surface area contributed by atoms with Gasteiger partial charge >= 0.3 is 5.97 Å². The van der Waals surface area contributed by atoms with Gasteiger partial charge in [0.1, 0.15) is 11.4 Å². The molecule has 2 fully saturated rings. The molecule has 4 rings (SSSR count). The largest absolute Gasteiger partial charge is 0.477 e. The highest BCUT2D eigenvalue weighted by molar-refractivity contribution is 5.93. The van der Waals surface area contributed by atoms with Crippen LogP contribution in [0.15, 0.2) is 23.1 Å². The van der Waals surface area contributed by atoms with Gasteiger partial charge in [0.2, 0.25) is 5.43 Å². The van der Waals surface area contributed by atoms with E-state index in [1.807, 2.05) is 16.5 Å². The van der Waals surface area contributed by atoms with Gasteiger partial charge in [-0.05, 0) is 51.3 Å². The SMILES string of the molecule is CN[C@@H](C)[C@@H]1CCN(c2cc3c(cc2F)c(=O)c(C(=O)O)cn3C2CC2)C1. The van der Waals surface area contributed by atoms with E-state index in [1.54, 1.807) is 6.07 Å². The number of carboxylic acids is 1. The predicted octanol–water partition coefficient (Wildman–Crippen LogP) is 2.61. The minimum Gasteiger partial charge on any atom is -0.477 e. The summed E-state index contributed by atoms with van der Waals surface area (Å²) >= 11 is 0. The van der Waals surface area contributed by atoms with Crippen molar-refractivity contribution < 1.29 is 14.3 Å². The molecule has 1 aliphatic carbocycles. The average Bonchev–Trinajstić information content (AvgIpc) is 3.37. The van der Waals surface area contributed by atoms with Crippen molar-refractivity contribution in [3.05, 3.63) is 39.9 Å². The van der Waals surface area contributed by atoms with Gasteiger partial charge in [-0.3, -0.25) is 4.79 Å². The lowest BCUT2D eigenvalue weighted by Crippen LogP contribution is -2.32. The number of benzene rings is 1. The van der Waals surface area contributed by atoms with Gasteiger partial charge in [0.15, 0.2) is 0 Å². The third-order valence-electron chi connectivity index (χ3n) is 6.00. The topological polar surface area (TPSA) is 74.6 Å². The van der Waals surface area contributed by atoms with E-state index in [2.05, 4.69) is 12.2 Å². The summed E-state index contributed by atoms with van der Waals surface area (Å²) in [5.41, 5.74) is 0.188. The Morgan fingerprint density at radius 2 is 2.07 bits per heavy atom. The Morgan fingerprint density at radius 1 is 1.33 bits per heavy atom. The number of nitrogens with one attached hydrogen (secondary N) is 1. The van der Waals surface area contributed by atoms with E-state index in [0.717, 1.165) is 32.4 Å². The number of aromatic nitrogens is 1. The van der Waals surface area contributed by atoms with Crippen LogP contribution in [0.3, 0.4) is 0 Å². The van der Waals surface area contributed by atoms with Gasteiger partial charge in [-0.25, -0.2) is 9.18 Å². The zero-order chi connectivity index (χ0) is 19.3. The molecule has 0 bridgehead atoms. The molecular weight excluding hydrogens is 349 g/mol. The summed E-state index contributed by atoms with van der Waals surface area (Å²) in [6, 6.07) is 3.47. The second-order valence-corrected chi connectivity index (χ2v) is 7.71. The van der Waals surface area contributed by atoms with Crippen molar-refractivity contribution in [2.75, 3.05) is 25.0 Å². The standard InChI is InChI=1S/C20H24FN3O3/c1-11(22-2)12-5-6-23(9-12)18-8-17-14(7-16(18)21)19(25)15(20(26)27)10-24(17)13-3-4-13/h7-8,10-13,22H,3-6,9H2,1-2H3,(H,26,27)/t11-,12+/m0/s1. The molecule has 1 aromatic heterocycles. The molecule has 0 amide bonds.